The van der Waals surface area contributed by atoms with E-state index in [0.717, 1.165) is 4.90 Å². The van der Waals surface area contributed by atoms with Crippen molar-refractivity contribution in [1.82, 2.24) is 9.21 Å². The van der Waals surface area contributed by atoms with Crippen molar-refractivity contribution in [3.63, 3.8) is 0 Å². The molecule has 1 saturated heterocycles. The molecule has 134 valence electrons. The van der Waals surface area contributed by atoms with Crippen LogP contribution in [0.2, 0.25) is 10.0 Å². The summed E-state index contributed by atoms with van der Waals surface area (Å²) < 4.78 is 27.0. The fraction of sp³-hybridized carbons (Fsp3) is 0.533. The first-order valence-corrected chi connectivity index (χ1v) is 9.85. The number of likely N-dealkylation sites (N-methyl/N-ethyl adjacent to an activating group) is 1. The molecule has 0 aromatic heterocycles. The van der Waals surface area contributed by atoms with Crippen molar-refractivity contribution in [2.24, 2.45) is 0 Å². The molecule has 0 aliphatic carbocycles. The van der Waals surface area contributed by atoms with Crippen molar-refractivity contribution < 1.29 is 18.1 Å². The second-order valence-corrected chi connectivity index (χ2v) is 8.84. The van der Waals surface area contributed by atoms with E-state index < -0.39 is 10.0 Å². The number of benzene rings is 1. The number of nitrogens with one attached hydrogen (secondary N) is 1. The number of amides is 1. The van der Waals surface area contributed by atoms with Gasteiger partial charge in [-0.05, 0) is 25.1 Å². The summed E-state index contributed by atoms with van der Waals surface area (Å²) >= 11 is 11.9. The van der Waals surface area contributed by atoms with Gasteiger partial charge >= 0.3 is 0 Å². The van der Waals surface area contributed by atoms with Crippen LogP contribution in [-0.4, -0.2) is 69.8 Å². The van der Waals surface area contributed by atoms with Crippen molar-refractivity contribution in [2.45, 2.75) is 17.9 Å². The smallest absolute Gasteiger partial charge is 0.280 e. The summed E-state index contributed by atoms with van der Waals surface area (Å²) in [6.45, 7) is 3.68. The van der Waals surface area contributed by atoms with Crippen LogP contribution in [0.1, 0.15) is 6.92 Å². The minimum atomic E-state index is -3.69. The van der Waals surface area contributed by atoms with Gasteiger partial charge in [-0.15, -0.1) is 0 Å². The van der Waals surface area contributed by atoms with Crippen LogP contribution in [0.15, 0.2) is 23.1 Å². The highest BCUT2D eigenvalue weighted by Crippen LogP contribution is 2.27. The lowest BCUT2D eigenvalue weighted by Crippen LogP contribution is -3.19. The Morgan fingerprint density at radius 3 is 2.38 bits per heavy atom. The van der Waals surface area contributed by atoms with Crippen LogP contribution < -0.4 is 4.90 Å². The van der Waals surface area contributed by atoms with Crippen LogP contribution >= 0.6 is 23.2 Å². The highest BCUT2D eigenvalue weighted by Gasteiger charge is 2.35. The summed E-state index contributed by atoms with van der Waals surface area (Å²) in [6.07, 6.45) is 0. The van der Waals surface area contributed by atoms with E-state index in [0.29, 0.717) is 31.2 Å². The Bertz CT molecular complexity index is 717. The first kappa shape index (κ1) is 19.5. The highest BCUT2D eigenvalue weighted by atomic mass is 35.5. The first-order chi connectivity index (χ1) is 11.1. The van der Waals surface area contributed by atoms with Gasteiger partial charge in [0, 0.05) is 19.1 Å². The molecule has 1 amide bonds. The predicted octanol–water partition coefficient (Wildman–Crippen LogP) is 0.359. The summed E-state index contributed by atoms with van der Waals surface area (Å²) in [5.74, 6) is 0.0409. The number of hydrogen-bond donors (Lipinski definition) is 1. The number of carbonyl (C=O) groups excluding carboxylic acids is 1. The molecule has 9 heteroatoms. The lowest BCUT2D eigenvalue weighted by atomic mass is 10.2. The van der Waals surface area contributed by atoms with Gasteiger partial charge in [0.15, 0.2) is 6.04 Å². The number of nitrogens with zero attached hydrogens (tertiary/aromatic N) is 2. The normalized spacial score (nSPS) is 18.4. The molecular formula is C15H22Cl2N3O3S+. The number of quaternary nitrogens is 1. The molecule has 1 aliphatic heterocycles. The average molecular weight is 395 g/mol. The van der Waals surface area contributed by atoms with Crippen LogP contribution in [-0.2, 0) is 14.8 Å². The zero-order valence-electron chi connectivity index (χ0n) is 13.9. The van der Waals surface area contributed by atoms with Gasteiger partial charge in [-0.3, -0.25) is 4.79 Å². The van der Waals surface area contributed by atoms with Crippen molar-refractivity contribution in [2.75, 3.05) is 40.3 Å². The summed E-state index contributed by atoms with van der Waals surface area (Å²) in [5.41, 5.74) is 0. The lowest BCUT2D eigenvalue weighted by molar-refractivity contribution is -0.917. The van der Waals surface area contributed by atoms with Crippen molar-refractivity contribution in [1.29, 1.82) is 0 Å². The number of hydrogen-bond acceptors (Lipinski definition) is 3. The summed E-state index contributed by atoms with van der Waals surface area (Å²) in [5, 5.41) is 0.484. The van der Waals surface area contributed by atoms with Gasteiger partial charge in [-0.1, -0.05) is 23.2 Å². The van der Waals surface area contributed by atoms with E-state index in [4.69, 9.17) is 23.2 Å². The number of carbonyl (C=O) groups is 1. The largest absolute Gasteiger partial charge is 0.344 e. The van der Waals surface area contributed by atoms with Gasteiger partial charge in [0.1, 0.15) is 4.90 Å². The molecule has 1 aromatic carbocycles. The Labute approximate surface area is 153 Å². The Morgan fingerprint density at radius 2 is 1.83 bits per heavy atom. The van der Waals surface area contributed by atoms with E-state index >= 15 is 0 Å². The molecule has 1 aliphatic rings. The van der Waals surface area contributed by atoms with Crippen molar-refractivity contribution in [3.8, 4) is 0 Å². The zero-order chi connectivity index (χ0) is 18.1. The predicted molar refractivity (Wildman–Crippen MR) is 94.1 cm³/mol. The number of rotatable bonds is 4. The van der Waals surface area contributed by atoms with Crippen LogP contribution in [0.4, 0.5) is 0 Å². The molecule has 1 aromatic rings. The standard InChI is InChI=1S/C15H21Cl2N3O3S/c1-11(15(21)18(2)3)19-6-8-20(9-7-19)24(22,23)14-10-12(16)4-5-13(14)17/h4-5,10-11H,6-9H2,1-3H3/p+1/t11-/m1/s1. The average Bonchev–Trinajstić information content (AvgIpc) is 2.55. The molecule has 1 fully saturated rings. The number of halogens is 2. The maximum atomic E-state index is 12.8. The molecular weight excluding hydrogens is 373 g/mol. The molecule has 1 atom stereocenters. The molecule has 2 rings (SSSR count). The highest BCUT2D eigenvalue weighted by molar-refractivity contribution is 7.89. The maximum Gasteiger partial charge on any atom is 0.280 e. The third kappa shape index (κ3) is 4.03. The number of piperazine rings is 1. The Hall–Kier alpha value is -0.860. The number of sulfonamides is 1. The Morgan fingerprint density at radius 1 is 1.25 bits per heavy atom. The lowest BCUT2D eigenvalue weighted by Gasteiger charge is -2.35. The quantitative estimate of drug-likeness (QED) is 0.801. The molecule has 0 saturated carbocycles. The fourth-order valence-corrected chi connectivity index (χ4v) is 5.00. The molecule has 1 heterocycles. The molecule has 0 radical (unpaired) electrons. The zero-order valence-corrected chi connectivity index (χ0v) is 16.2. The molecule has 6 nitrogen and oxygen atoms in total. The van der Waals surface area contributed by atoms with E-state index in [1.165, 1.54) is 16.4 Å². The molecule has 0 bridgehead atoms. The van der Waals surface area contributed by atoms with E-state index in [2.05, 4.69) is 0 Å². The van der Waals surface area contributed by atoms with Gasteiger partial charge in [-0.25, -0.2) is 8.42 Å². The van der Waals surface area contributed by atoms with Crippen LogP contribution in [0.5, 0.6) is 0 Å². The van der Waals surface area contributed by atoms with Crippen molar-refractivity contribution in [3.05, 3.63) is 28.2 Å². The summed E-state index contributed by atoms with van der Waals surface area (Å²) in [6, 6.07) is 4.21. The van der Waals surface area contributed by atoms with E-state index in [1.807, 2.05) is 6.92 Å². The fourth-order valence-electron chi connectivity index (χ4n) is 2.82. The van der Waals surface area contributed by atoms with E-state index in [9.17, 15) is 13.2 Å². The monoisotopic (exact) mass is 394 g/mol. The third-order valence-corrected chi connectivity index (χ3v) is 6.91. The molecule has 0 unspecified atom stereocenters. The van der Waals surface area contributed by atoms with Crippen LogP contribution in [0.25, 0.3) is 0 Å². The second-order valence-electron chi connectivity index (χ2n) is 6.09. The van der Waals surface area contributed by atoms with Gasteiger partial charge in [0.05, 0.1) is 31.2 Å². The van der Waals surface area contributed by atoms with E-state index in [1.54, 1.807) is 25.1 Å². The summed E-state index contributed by atoms with van der Waals surface area (Å²) in [4.78, 5) is 14.7. The molecule has 24 heavy (non-hydrogen) atoms. The maximum absolute atomic E-state index is 12.8. The van der Waals surface area contributed by atoms with Gasteiger partial charge in [0.25, 0.3) is 5.91 Å². The third-order valence-electron chi connectivity index (χ3n) is 4.30. The van der Waals surface area contributed by atoms with Crippen LogP contribution in [0, 0.1) is 0 Å². The molecule has 1 N–H and O–H groups in total. The van der Waals surface area contributed by atoms with Crippen molar-refractivity contribution >= 4 is 39.1 Å². The van der Waals surface area contributed by atoms with Crippen LogP contribution in [0.3, 0.4) is 0 Å². The minimum Gasteiger partial charge on any atom is -0.344 e. The second kappa shape index (κ2) is 7.58. The Kier molecular flexibility index (Phi) is 6.14. The first-order valence-electron chi connectivity index (χ1n) is 7.65. The topological polar surface area (TPSA) is 62.1 Å². The minimum absolute atomic E-state index is 0.0255. The van der Waals surface area contributed by atoms with E-state index in [-0.39, 0.29) is 21.9 Å². The summed E-state index contributed by atoms with van der Waals surface area (Å²) in [7, 11) is -0.248. The van der Waals surface area contributed by atoms with Gasteiger partial charge in [-0.2, -0.15) is 4.31 Å². The Balaban J connectivity index is 2.11. The molecule has 0 spiro atoms. The van der Waals surface area contributed by atoms with Gasteiger partial charge < -0.3 is 9.80 Å². The SMILES string of the molecule is C[C@H](C(=O)N(C)C)[NH+]1CCN(S(=O)(=O)c2cc(Cl)ccc2Cl)CC1. The van der Waals surface area contributed by atoms with Gasteiger partial charge in [0.2, 0.25) is 10.0 Å².